The Morgan fingerprint density at radius 2 is 1.88 bits per heavy atom. The number of hydrogen-bond acceptors (Lipinski definition) is 2. The number of alkyl halides is 4. The van der Waals surface area contributed by atoms with Crippen LogP contribution in [0.2, 0.25) is 0 Å². The summed E-state index contributed by atoms with van der Waals surface area (Å²) < 4.78 is 36.5. The van der Waals surface area contributed by atoms with Gasteiger partial charge in [0.1, 0.15) is 0 Å². The Hall–Kier alpha value is -0.0000000000000000555. The Morgan fingerprint density at radius 1 is 1.25 bits per heavy atom. The van der Waals surface area contributed by atoms with E-state index in [1.165, 1.54) is 4.90 Å². The molecule has 0 radical (unpaired) electrons. The number of nitrogens with zero attached hydrogens (tertiary/aromatic N) is 1. The van der Waals surface area contributed by atoms with Crippen LogP contribution in [0.5, 0.6) is 0 Å². The van der Waals surface area contributed by atoms with Crippen molar-refractivity contribution in [1.82, 2.24) is 4.90 Å². The molecule has 0 aromatic carbocycles. The zero-order valence-electron chi connectivity index (χ0n) is 9.43. The minimum atomic E-state index is -4.20. The van der Waals surface area contributed by atoms with Crippen LogP contribution in [-0.4, -0.2) is 48.3 Å². The zero-order chi connectivity index (χ0) is 12.6. The summed E-state index contributed by atoms with van der Waals surface area (Å²) in [5, 5.41) is 8.67. The van der Waals surface area contributed by atoms with E-state index in [1.54, 1.807) is 0 Å². The van der Waals surface area contributed by atoms with E-state index in [9.17, 15) is 13.2 Å². The maximum atomic E-state index is 12.2. The lowest BCUT2D eigenvalue weighted by atomic mass is 10.1. The largest absolute Gasteiger partial charge is 0.401 e. The summed E-state index contributed by atoms with van der Waals surface area (Å²) in [7, 11) is 0. The van der Waals surface area contributed by atoms with Crippen LogP contribution in [0.4, 0.5) is 13.2 Å². The van der Waals surface area contributed by atoms with Crippen LogP contribution in [0.3, 0.4) is 0 Å². The second kappa shape index (κ2) is 8.14. The van der Waals surface area contributed by atoms with Crippen molar-refractivity contribution >= 4 is 11.6 Å². The smallest absolute Gasteiger partial charge is 0.395 e. The molecule has 0 fully saturated rings. The fourth-order valence-corrected chi connectivity index (χ4v) is 1.77. The number of aliphatic hydroxyl groups is 1. The number of aliphatic hydroxyl groups excluding tert-OH is 1. The van der Waals surface area contributed by atoms with Gasteiger partial charge in [-0.1, -0.05) is 6.92 Å². The third-order valence-electron chi connectivity index (χ3n) is 2.36. The van der Waals surface area contributed by atoms with E-state index < -0.39 is 12.7 Å². The van der Waals surface area contributed by atoms with Crippen molar-refractivity contribution in [3.63, 3.8) is 0 Å². The molecule has 0 amide bonds. The second-order valence-corrected chi connectivity index (χ2v) is 4.36. The molecule has 1 unspecified atom stereocenters. The molecule has 6 heteroatoms. The predicted octanol–water partition coefficient (Wildman–Crippen LogP) is 2.50. The summed E-state index contributed by atoms with van der Waals surface area (Å²) in [6, 6.07) is 0. The first-order valence-electron chi connectivity index (χ1n) is 5.35. The Morgan fingerprint density at radius 3 is 2.31 bits per heavy atom. The van der Waals surface area contributed by atoms with Gasteiger partial charge in [-0.2, -0.15) is 13.2 Å². The molecular weight excluding hydrogens is 243 g/mol. The highest BCUT2D eigenvalue weighted by molar-refractivity contribution is 6.17. The fourth-order valence-electron chi connectivity index (χ4n) is 1.40. The lowest BCUT2D eigenvalue weighted by Crippen LogP contribution is -2.37. The molecule has 0 rings (SSSR count). The van der Waals surface area contributed by atoms with Gasteiger partial charge in [0.25, 0.3) is 0 Å². The molecule has 0 bridgehead atoms. The molecule has 2 nitrogen and oxygen atoms in total. The standard InChI is InChI=1S/C10H19ClF3NO/c1-9(2-4-11)3-5-15(6-7-16)8-10(12,13)14/h9,16H,2-8H2,1H3. The molecule has 0 aliphatic rings. The lowest BCUT2D eigenvalue weighted by molar-refractivity contribution is -0.147. The topological polar surface area (TPSA) is 23.5 Å². The van der Waals surface area contributed by atoms with Crippen LogP contribution >= 0.6 is 11.6 Å². The Kier molecular flexibility index (Phi) is 8.14. The highest BCUT2D eigenvalue weighted by Gasteiger charge is 2.30. The number of hydrogen-bond donors (Lipinski definition) is 1. The maximum Gasteiger partial charge on any atom is 0.401 e. The van der Waals surface area contributed by atoms with Crippen LogP contribution in [0.15, 0.2) is 0 Å². The lowest BCUT2D eigenvalue weighted by Gasteiger charge is -2.24. The van der Waals surface area contributed by atoms with Gasteiger partial charge in [0, 0.05) is 12.4 Å². The van der Waals surface area contributed by atoms with Gasteiger partial charge >= 0.3 is 6.18 Å². The summed E-state index contributed by atoms with van der Waals surface area (Å²) in [4.78, 5) is 1.23. The van der Waals surface area contributed by atoms with Gasteiger partial charge in [-0.3, -0.25) is 4.90 Å². The molecule has 0 aliphatic carbocycles. The molecule has 0 aromatic rings. The van der Waals surface area contributed by atoms with Gasteiger partial charge in [-0.05, 0) is 25.3 Å². The van der Waals surface area contributed by atoms with Crippen LogP contribution in [0.1, 0.15) is 19.8 Å². The van der Waals surface area contributed by atoms with E-state index in [0.717, 1.165) is 6.42 Å². The first-order chi connectivity index (χ1) is 7.39. The van der Waals surface area contributed by atoms with Crippen LogP contribution in [-0.2, 0) is 0 Å². The van der Waals surface area contributed by atoms with E-state index in [4.69, 9.17) is 16.7 Å². The van der Waals surface area contributed by atoms with Crippen molar-refractivity contribution in [3.05, 3.63) is 0 Å². The van der Waals surface area contributed by atoms with Crippen molar-refractivity contribution in [2.45, 2.75) is 25.9 Å². The highest BCUT2D eigenvalue weighted by Crippen LogP contribution is 2.17. The molecular formula is C10H19ClF3NO. The van der Waals surface area contributed by atoms with Gasteiger partial charge in [0.15, 0.2) is 0 Å². The van der Waals surface area contributed by atoms with Crippen LogP contribution in [0, 0.1) is 5.92 Å². The number of rotatable bonds is 8. The third kappa shape index (κ3) is 9.24. The van der Waals surface area contributed by atoms with Gasteiger partial charge in [-0.15, -0.1) is 11.6 Å². The van der Waals surface area contributed by atoms with E-state index in [0.29, 0.717) is 24.8 Å². The Bertz CT molecular complexity index is 178. The first-order valence-corrected chi connectivity index (χ1v) is 5.88. The van der Waals surface area contributed by atoms with Crippen molar-refractivity contribution in [2.24, 2.45) is 5.92 Å². The van der Waals surface area contributed by atoms with E-state index in [1.807, 2.05) is 6.92 Å². The number of halogens is 4. The van der Waals surface area contributed by atoms with Gasteiger partial charge < -0.3 is 5.11 Å². The van der Waals surface area contributed by atoms with Crippen LogP contribution < -0.4 is 0 Å². The molecule has 0 aliphatic heterocycles. The van der Waals surface area contributed by atoms with Crippen molar-refractivity contribution in [2.75, 3.05) is 32.1 Å². The normalized spacial score (nSPS) is 14.4. The predicted molar refractivity (Wildman–Crippen MR) is 58.7 cm³/mol. The van der Waals surface area contributed by atoms with E-state index in [2.05, 4.69) is 0 Å². The summed E-state index contributed by atoms with van der Waals surface area (Å²) in [5.41, 5.74) is 0. The highest BCUT2D eigenvalue weighted by atomic mass is 35.5. The Labute approximate surface area is 99.4 Å². The monoisotopic (exact) mass is 261 g/mol. The van der Waals surface area contributed by atoms with Crippen molar-refractivity contribution in [1.29, 1.82) is 0 Å². The summed E-state index contributed by atoms with van der Waals surface area (Å²) in [6.45, 7) is 1.17. The molecule has 1 atom stereocenters. The van der Waals surface area contributed by atoms with E-state index in [-0.39, 0.29) is 13.2 Å². The van der Waals surface area contributed by atoms with Gasteiger partial charge in [0.2, 0.25) is 0 Å². The summed E-state index contributed by atoms with van der Waals surface area (Å²) in [5.74, 6) is 0.840. The van der Waals surface area contributed by atoms with E-state index >= 15 is 0 Å². The molecule has 16 heavy (non-hydrogen) atoms. The quantitative estimate of drug-likeness (QED) is 0.679. The SMILES string of the molecule is CC(CCCl)CCN(CCO)CC(F)(F)F. The molecule has 1 N–H and O–H groups in total. The first kappa shape index (κ1) is 16.0. The van der Waals surface area contributed by atoms with Gasteiger partial charge in [0.05, 0.1) is 13.2 Å². The Balaban J connectivity index is 3.93. The molecule has 0 aromatic heterocycles. The molecule has 0 saturated heterocycles. The van der Waals surface area contributed by atoms with Crippen LogP contribution in [0.25, 0.3) is 0 Å². The zero-order valence-corrected chi connectivity index (χ0v) is 10.2. The minimum Gasteiger partial charge on any atom is -0.395 e. The fraction of sp³-hybridized carbons (Fsp3) is 1.00. The van der Waals surface area contributed by atoms with Crippen molar-refractivity contribution in [3.8, 4) is 0 Å². The van der Waals surface area contributed by atoms with Gasteiger partial charge in [-0.25, -0.2) is 0 Å². The average molecular weight is 262 g/mol. The van der Waals surface area contributed by atoms with Crippen molar-refractivity contribution < 1.29 is 18.3 Å². The summed E-state index contributed by atoms with van der Waals surface area (Å²) >= 11 is 5.55. The third-order valence-corrected chi connectivity index (χ3v) is 2.58. The molecule has 98 valence electrons. The summed E-state index contributed by atoms with van der Waals surface area (Å²) in [6.07, 6.45) is -2.73. The maximum absolute atomic E-state index is 12.2. The second-order valence-electron chi connectivity index (χ2n) is 3.99. The molecule has 0 saturated carbocycles. The average Bonchev–Trinajstić information content (AvgIpc) is 2.13. The molecule has 0 heterocycles. The minimum absolute atomic E-state index is 0.0626. The molecule has 0 spiro atoms.